The predicted octanol–water partition coefficient (Wildman–Crippen LogP) is 4.41. The highest BCUT2D eigenvalue weighted by atomic mass is 127. The summed E-state index contributed by atoms with van der Waals surface area (Å²) in [6.45, 7) is 13.6. The minimum absolute atomic E-state index is 0. The molecule has 2 N–H and O–H groups in total. The van der Waals surface area contributed by atoms with E-state index < -0.39 is 0 Å². The van der Waals surface area contributed by atoms with Crippen LogP contribution in [-0.2, 0) is 11.2 Å². The summed E-state index contributed by atoms with van der Waals surface area (Å²) in [5, 5.41) is 6.82. The maximum atomic E-state index is 5.73. The summed E-state index contributed by atoms with van der Waals surface area (Å²) in [7, 11) is 0. The van der Waals surface area contributed by atoms with Crippen molar-refractivity contribution in [2.45, 2.75) is 53.4 Å². The van der Waals surface area contributed by atoms with Gasteiger partial charge in [0.25, 0.3) is 0 Å². The Morgan fingerprint density at radius 2 is 1.73 bits per heavy atom. The average molecular weight is 533 g/mol. The number of hydrogen-bond acceptors (Lipinski definition) is 4. The fourth-order valence-corrected chi connectivity index (χ4v) is 3.26. The quantitative estimate of drug-likeness (QED) is 0.161. The van der Waals surface area contributed by atoms with Crippen molar-refractivity contribution in [3.05, 3.63) is 23.8 Å². The molecule has 1 aliphatic carbocycles. The highest BCUT2D eigenvalue weighted by Gasteiger charge is 2.41. The van der Waals surface area contributed by atoms with E-state index in [-0.39, 0.29) is 24.0 Å². The first-order valence-corrected chi connectivity index (χ1v) is 11.1. The van der Waals surface area contributed by atoms with Crippen molar-refractivity contribution in [1.29, 1.82) is 0 Å². The van der Waals surface area contributed by atoms with E-state index in [1.54, 1.807) is 0 Å². The Labute approximate surface area is 199 Å². The topological polar surface area (TPSA) is 64.1 Å². The summed E-state index contributed by atoms with van der Waals surface area (Å²) in [4.78, 5) is 4.84. The van der Waals surface area contributed by atoms with Crippen LogP contribution in [0.4, 0.5) is 0 Å². The zero-order valence-corrected chi connectivity index (χ0v) is 21.4. The molecule has 1 aromatic carbocycles. The lowest BCUT2D eigenvalue weighted by atomic mass is 10.0. The molecule has 0 saturated heterocycles. The first-order chi connectivity index (χ1) is 14.2. The van der Waals surface area contributed by atoms with E-state index in [2.05, 4.69) is 29.7 Å². The fourth-order valence-electron chi connectivity index (χ4n) is 3.26. The molecule has 0 spiro atoms. The zero-order valence-electron chi connectivity index (χ0n) is 19.1. The number of nitrogens with one attached hydrogen (secondary N) is 2. The number of rotatable bonds is 14. The van der Waals surface area contributed by atoms with Crippen LogP contribution in [0, 0.1) is 5.41 Å². The first-order valence-electron chi connectivity index (χ1n) is 11.1. The normalized spacial score (nSPS) is 14.6. The summed E-state index contributed by atoms with van der Waals surface area (Å²) >= 11 is 0. The van der Waals surface area contributed by atoms with Gasteiger partial charge in [0.1, 0.15) is 0 Å². The number of halogens is 1. The van der Waals surface area contributed by atoms with Crippen LogP contribution >= 0.6 is 24.0 Å². The lowest BCUT2D eigenvalue weighted by Gasteiger charge is -2.16. The Bertz CT molecular complexity index is 636. The predicted molar refractivity (Wildman–Crippen MR) is 135 cm³/mol. The fraction of sp³-hybridized carbons (Fsp3) is 0.696. The van der Waals surface area contributed by atoms with Gasteiger partial charge in [0, 0.05) is 32.8 Å². The lowest BCUT2D eigenvalue weighted by molar-refractivity contribution is 0.129. The second-order valence-corrected chi connectivity index (χ2v) is 7.47. The van der Waals surface area contributed by atoms with Gasteiger partial charge in [-0.3, -0.25) is 4.99 Å². The monoisotopic (exact) mass is 533 g/mol. The van der Waals surface area contributed by atoms with Crippen LogP contribution in [0.15, 0.2) is 23.2 Å². The highest BCUT2D eigenvalue weighted by Crippen LogP contribution is 2.49. The van der Waals surface area contributed by atoms with E-state index in [0.29, 0.717) is 18.6 Å². The molecule has 30 heavy (non-hydrogen) atoms. The van der Waals surface area contributed by atoms with Gasteiger partial charge in [0.2, 0.25) is 0 Å². The van der Waals surface area contributed by atoms with Gasteiger partial charge < -0.3 is 24.8 Å². The molecule has 0 atom stereocenters. The molecule has 1 aliphatic rings. The first kappa shape index (κ1) is 26.8. The van der Waals surface area contributed by atoms with Crippen molar-refractivity contribution < 1.29 is 14.2 Å². The molecule has 0 amide bonds. The molecular weight excluding hydrogens is 493 g/mol. The minimum atomic E-state index is 0. The largest absolute Gasteiger partial charge is 0.490 e. The standard InChI is InChI=1S/C23H39N3O3.HI/c1-5-24-22(26-18-23(12-13-23)14-16-27-6-2)25-15-11-19-9-10-20(28-7-3)21(17-19)29-8-4;/h9-10,17H,5-8,11-16,18H2,1-4H3,(H2,24,25,26);1H. The van der Waals surface area contributed by atoms with Crippen molar-refractivity contribution in [2.75, 3.05) is 46.1 Å². The second-order valence-electron chi connectivity index (χ2n) is 7.47. The van der Waals surface area contributed by atoms with Crippen LogP contribution < -0.4 is 20.1 Å². The Hall–Kier alpha value is -1.22. The Morgan fingerprint density at radius 1 is 1.00 bits per heavy atom. The SMILES string of the molecule is CCNC(=NCC1(CCOCC)CC1)NCCc1ccc(OCC)c(OCC)c1.I. The molecular formula is C23H40IN3O3. The summed E-state index contributed by atoms with van der Waals surface area (Å²) in [5.74, 6) is 2.52. The van der Waals surface area contributed by atoms with E-state index in [4.69, 9.17) is 19.2 Å². The lowest BCUT2D eigenvalue weighted by Crippen LogP contribution is -2.38. The number of ether oxygens (including phenoxy) is 3. The van der Waals surface area contributed by atoms with Crippen molar-refractivity contribution in [3.63, 3.8) is 0 Å². The van der Waals surface area contributed by atoms with E-state index in [9.17, 15) is 0 Å². The smallest absolute Gasteiger partial charge is 0.191 e. The Morgan fingerprint density at radius 3 is 2.37 bits per heavy atom. The maximum Gasteiger partial charge on any atom is 0.191 e. The molecule has 2 rings (SSSR count). The van der Waals surface area contributed by atoms with Gasteiger partial charge in [-0.25, -0.2) is 0 Å². The van der Waals surface area contributed by atoms with Crippen LogP contribution in [0.1, 0.15) is 52.5 Å². The maximum absolute atomic E-state index is 5.73. The van der Waals surface area contributed by atoms with Gasteiger partial charge in [-0.2, -0.15) is 0 Å². The number of nitrogens with zero attached hydrogens (tertiary/aromatic N) is 1. The Kier molecular flexibility index (Phi) is 13.2. The summed E-state index contributed by atoms with van der Waals surface area (Å²) < 4.78 is 16.9. The zero-order chi connectivity index (χ0) is 21.0. The second kappa shape index (κ2) is 14.7. The third-order valence-electron chi connectivity index (χ3n) is 5.17. The summed E-state index contributed by atoms with van der Waals surface area (Å²) in [6, 6.07) is 6.18. The molecule has 6 nitrogen and oxygen atoms in total. The third-order valence-corrected chi connectivity index (χ3v) is 5.17. The van der Waals surface area contributed by atoms with Gasteiger partial charge in [-0.1, -0.05) is 6.07 Å². The van der Waals surface area contributed by atoms with Crippen LogP contribution in [0.25, 0.3) is 0 Å². The van der Waals surface area contributed by atoms with Crippen molar-refractivity contribution in [3.8, 4) is 11.5 Å². The Balaban J connectivity index is 0.00000450. The molecule has 0 radical (unpaired) electrons. The number of aliphatic imine (C=N–C) groups is 1. The molecule has 0 bridgehead atoms. The van der Waals surface area contributed by atoms with E-state index in [0.717, 1.165) is 63.1 Å². The van der Waals surface area contributed by atoms with Crippen molar-refractivity contribution in [2.24, 2.45) is 10.4 Å². The molecule has 1 saturated carbocycles. The molecule has 172 valence electrons. The van der Waals surface area contributed by atoms with E-state index in [1.165, 1.54) is 18.4 Å². The van der Waals surface area contributed by atoms with Crippen LogP contribution in [0.2, 0.25) is 0 Å². The van der Waals surface area contributed by atoms with Gasteiger partial charge in [0.15, 0.2) is 17.5 Å². The van der Waals surface area contributed by atoms with Crippen molar-refractivity contribution >= 4 is 29.9 Å². The molecule has 0 heterocycles. The number of guanidine groups is 1. The van der Waals surface area contributed by atoms with Gasteiger partial charge in [-0.15, -0.1) is 24.0 Å². The van der Waals surface area contributed by atoms with Gasteiger partial charge >= 0.3 is 0 Å². The van der Waals surface area contributed by atoms with Crippen LogP contribution in [0.3, 0.4) is 0 Å². The molecule has 7 heteroatoms. The third kappa shape index (κ3) is 9.29. The average Bonchev–Trinajstić information content (AvgIpc) is 3.49. The molecule has 0 aromatic heterocycles. The number of hydrogen-bond donors (Lipinski definition) is 2. The van der Waals surface area contributed by atoms with E-state index in [1.807, 2.05) is 26.8 Å². The summed E-state index contributed by atoms with van der Waals surface area (Å²) in [6.07, 6.45) is 4.52. The molecule has 1 fully saturated rings. The number of benzene rings is 1. The van der Waals surface area contributed by atoms with Crippen LogP contribution in [0.5, 0.6) is 11.5 Å². The molecule has 1 aromatic rings. The minimum Gasteiger partial charge on any atom is -0.490 e. The highest BCUT2D eigenvalue weighted by molar-refractivity contribution is 14.0. The van der Waals surface area contributed by atoms with Gasteiger partial charge in [-0.05, 0) is 76.5 Å². The van der Waals surface area contributed by atoms with Crippen LogP contribution in [-0.4, -0.2) is 52.0 Å². The molecule has 0 aliphatic heterocycles. The summed E-state index contributed by atoms with van der Waals surface area (Å²) in [5.41, 5.74) is 1.58. The van der Waals surface area contributed by atoms with E-state index >= 15 is 0 Å². The molecule has 0 unspecified atom stereocenters. The van der Waals surface area contributed by atoms with Crippen molar-refractivity contribution in [1.82, 2.24) is 10.6 Å². The van der Waals surface area contributed by atoms with Gasteiger partial charge in [0.05, 0.1) is 13.2 Å².